The van der Waals surface area contributed by atoms with Gasteiger partial charge in [-0.2, -0.15) is 0 Å². The van der Waals surface area contributed by atoms with Crippen molar-refractivity contribution in [1.29, 1.82) is 0 Å². The molecule has 2 atom stereocenters. The number of nitrogens with zero attached hydrogens (tertiary/aromatic N) is 1. The molecule has 1 aliphatic carbocycles. The van der Waals surface area contributed by atoms with E-state index in [1.807, 2.05) is 18.2 Å². The Morgan fingerprint density at radius 2 is 2.17 bits per heavy atom. The van der Waals surface area contributed by atoms with E-state index in [0.717, 1.165) is 10.9 Å². The molecule has 3 rings (SSSR count). The Kier molecular flexibility index (Phi) is 2.94. The van der Waals surface area contributed by atoms with Crippen LogP contribution in [0.2, 0.25) is 0 Å². The average Bonchev–Trinajstić information content (AvgIpc) is 2.73. The maximum absolute atomic E-state index is 11.7. The van der Waals surface area contributed by atoms with E-state index in [1.165, 1.54) is 5.56 Å². The number of hydrogen-bond acceptors (Lipinski definition) is 3. The van der Waals surface area contributed by atoms with Gasteiger partial charge in [0, 0.05) is 24.6 Å². The Labute approximate surface area is 117 Å². The van der Waals surface area contributed by atoms with Crippen molar-refractivity contribution >= 4 is 34.1 Å². The Bertz CT molecular complexity index is 502. The lowest BCUT2D eigenvalue weighted by molar-refractivity contribution is -0.118. The molecular formula is C14H15NOS2. The number of thioether (sulfide) groups is 1. The first-order chi connectivity index (χ1) is 8.59. The number of thiocarbonyl (C=S) groups is 1. The van der Waals surface area contributed by atoms with Crippen molar-refractivity contribution in [1.82, 2.24) is 4.90 Å². The van der Waals surface area contributed by atoms with E-state index in [1.54, 1.807) is 11.8 Å². The van der Waals surface area contributed by atoms with Crippen molar-refractivity contribution in [2.45, 2.75) is 37.1 Å². The molecule has 1 aromatic carbocycles. The predicted molar refractivity (Wildman–Crippen MR) is 78.6 cm³/mol. The average molecular weight is 277 g/mol. The standard InChI is InChI=1S/C14H15NOS2/c1-14-8-11(16)7-12(14)18-13(17)15(14)9-10-5-3-2-4-6-10/h2-6,12H,7-9H2,1H3/t12-,14+/m1/s1. The van der Waals surface area contributed by atoms with Gasteiger partial charge in [-0.3, -0.25) is 4.79 Å². The molecule has 1 saturated heterocycles. The van der Waals surface area contributed by atoms with Gasteiger partial charge in [-0.25, -0.2) is 0 Å². The van der Waals surface area contributed by atoms with Gasteiger partial charge in [-0.15, -0.1) is 0 Å². The van der Waals surface area contributed by atoms with Crippen LogP contribution in [-0.2, 0) is 11.3 Å². The largest absolute Gasteiger partial charge is 0.346 e. The fourth-order valence-electron chi connectivity index (χ4n) is 2.85. The number of hydrogen-bond donors (Lipinski definition) is 0. The zero-order chi connectivity index (χ0) is 12.8. The van der Waals surface area contributed by atoms with E-state index in [4.69, 9.17) is 12.2 Å². The second-order valence-electron chi connectivity index (χ2n) is 5.22. The monoisotopic (exact) mass is 277 g/mol. The van der Waals surface area contributed by atoms with Gasteiger partial charge in [0.05, 0.1) is 5.54 Å². The number of carbonyl (C=O) groups is 1. The summed E-state index contributed by atoms with van der Waals surface area (Å²) in [4.78, 5) is 13.9. The first-order valence-electron chi connectivity index (χ1n) is 6.13. The summed E-state index contributed by atoms with van der Waals surface area (Å²) in [6.45, 7) is 2.99. The third-order valence-corrected chi connectivity index (χ3v) is 5.82. The highest BCUT2D eigenvalue weighted by atomic mass is 32.2. The van der Waals surface area contributed by atoms with E-state index in [2.05, 4.69) is 24.0 Å². The Morgan fingerprint density at radius 1 is 1.44 bits per heavy atom. The Morgan fingerprint density at radius 3 is 2.89 bits per heavy atom. The van der Waals surface area contributed by atoms with Crippen LogP contribution in [0, 0.1) is 0 Å². The van der Waals surface area contributed by atoms with Gasteiger partial charge >= 0.3 is 0 Å². The fraction of sp³-hybridized carbons (Fsp3) is 0.429. The van der Waals surface area contributed by atoms with Gasteiger partial charge in [0.1, 0.15) is 10.1 Å². The molecule has 0 N–H and O–H groups in total. The molecule has 2 aliphatic rings. The third-order valence-electron chi connectivity index (χ3n) is 3.93. The SMILES string of the molecule is C[C@]12CC(=O)C[C@H]1SC(=S)N2Cc1ccccc1. The zero-order valence-electron chi connectivity index (χ0n) is 10.3. The minimum absolute atomic E-state index is 0.0747. The van der Waals surface area contributed by atoms with Crippen molar-refractivity contribution in [3.05, 3.63) is 35.9 Å². The molecule has 0 radical (unpaired) electrons. The van der Waals surface area contributed by atoms with Crippen molar-refractivity contribution in [3.63, 3.8) is 0 Å². The quantitative estimate of drug-likeness (QED) is 0.774. The molecule has 94 valence electrons. The van der Waals surface area contributed by atoms with E-state index >= 15 is 0 Å². The predicted octanol–water partition coefficient (Wildman–Crippen LogP) is 3.01. The summed E-state index contributed by atoms with van der Waals surface area (Å²) < 4.78 is 0.943. The summed E-state index contributed by atoms with van der Waals surface area (Å²) in [5, 5.41) is 0.348. The molecule has 0 unspecified atom stereocenters. The van der Waals surface area contributed by atoms with Crippen LogP contribution in [0.25, 0.3) is 0 Å². The smallest absolute Gasteiger partial charge is 0.137 e. The molecule has 1 aromatic rings. The van der Waals surface area contributed by atoms with Crippen LogP contribution >= 0.6 is 24.0 Å². The number of ketones is 1. The van der Waals surface area contributed by atoms with E-state index < -0.39 is 0 Å². The topological polar surface area (TPSA) is 20.3 Å². The summed E-state index contributed by atoms with van der Waals surface area (Å²) in [6, 6.07) is 10.3. The maximum Gasteiger partial charge on any atom is 0.137 e. The summed E-state index contributed by atoms with van der Waals surface area (Å²) in [5.41, 5.74) is 1.18. The minimum Gasteiger partial charge on any atom is -0.346 e. The maximum atomic E-state index is 11.7. The second kappa shape index (κ2) is 4.35. The van der Waals surface area contributed by atoms with Crippen LogP contribution in [0.15, 0.2) is 30.3 Å². The minimum atomic E-state index is -0.0747. The number of fused-ring (bicyclic) bond motifs is 1. The molecule has 1 heterocycles. The molecule has 18 heavy (non-hydrogen) atoms. The highest BCUT2D eigenvalue weighted by Gasteiger charge is 2.53. The molecule has 0 bridgehead atoms. The van der Waals surface area contributed by atoms with Crippen molar-refractivity contribution in [2.24, 2.45) is 0 Å². The van der Waals surface area contributed by atoms with E-state index in [0.29, 0.717) is 23.9 Å². The van der Waals surface area contributed by atoms with Gasteiger partial charge < -0.3 is 4.90 Å². The Balaban J connectivity index is 1.87. The number of benzene rings is 1. The molecule has 1 saturated carbocycles. The van der Waals surface area contributed by atoms with Gasteiger partial charge in [0.25, 0.3) is 0 Å². The van der Waals surface area contributed by atoms with E-state index in [9.17, 15) is 4.79 Å². The second-order valence-corrected chi connectivity index (χ2v) is 7.06. The lowest BCUT2D eigenvalue weighted by Gasteiger charge is -2.34. The van der Waals surface area contributed by atoms with Crippen molar-refractivity contribution in [2.75, 3.05) is 0 Å². The molecular weight excluding hydrogens is 262 g/mol. The number of rotatable bonds is 2. The van der Waals surface area contributed by atoms with Crippen LogP contribution in [0.3, 0.4) is 0 Å². The third kappa shape index (κ3) is 1.88. The lowest BCUT2D eigenvalue weighted by atomic mass is 9.97. The normalized spacial score (nSPS) is 30.9. The van der Waals surface area contributed by atoms with Gasteiger partial charge in [-0.05, 0) is 12.5 Å². The molecule has 0 spiro atoms. The van der Waals surface area contributed by atoms with Crippen LogP contribution in [0.5, 0.6) is 0 Å². The number of Topliss-reactive ketones (excluding diaryl/α,β-unsaturated/α-hetero) is 1. The summed E-state index contributed by atoms with van der Waals surface area (Å²) >= 11 is 7.18. The molecule has 2 fully saturated rings. The molecule has 0 amide bonds. The van der Waals surface area contributed by atoms with Gasteiger partial charge in [0.2, 0.25) is 0 Å². The first kappa shape index (κ1) is 12.2. The van der Waals surface area contributed by atoms with Crippen molar-refractivity contribution in [3.8, 4) is 0 Å². The van der Waals surface area contributed by atoms with Gasteiger partial charge in [-0.1, -0.05) is 54.3 Å². The first-order valence-corrected chi connectivity index (χ1v) is 7.42. The summed E-state index contributed by atoms with van der Waals surface area (Å²) in [5.74, 6) is 0.371. The summed E-state index contributed by atoms with van der Waals surface area (Å²) in [7, 11) is 0. The number of carbonyl (C=O) groups excluding carboxylic acids is 1. The highest BCUT2D eigenvalue weighted by molar-refractivity contribution is 8.23. The summed E-state index contributed by atoms with van der Waals surface area (Å²) in [6.07, 6.45) is 1.31. The van der Waals surface area contributed by atoms with Gasteiger partial charge in [0.15, 0.2) is 0 Å². The highest BCUT2D eigenvalue weighted by Crippen LogP contribution is 2.49. The molecule has 0 aromatic heterocycles. The fourth-order valence-corrected chi connectivity index (χ4v) is 4.85. The zero-order valence-corrected chi connectivity index (χ0v) is 11.9. The molecule has 4 heteroatoms. The van der Waals surface area contributed by atoms with E-state index in [-0.39, 0.29) is 5.54 Å². The van der Waals surface area contributed by atoms with Crippen molar-refractivity contribution < 1.29 is 4.79 Å². The van der Waals surface area contributed by atoms with Crippen LogP contribution < -0.4 is 0 Å². The van der Waals surface area contributed by atoms with Crippen LogP contribution in [0.4, 0.5) is 0 Å². The molecule has 2 nitrogen and oxygen atoms in total. The lowest BCUT2D eigenvalue weighted by Crippen LogP contribution is -2.45. The molecule has 1 aliphatic heterocycles. The van der Waals surface area contributed by atoms with Crippen LogP contribution in [-0.4, -0.2) is 25.8 Å². The Hall–Kier alpha value is -0.870. The van der Waals surface area contributed by atoms with Crippen LogP contribution in [0.1, 0.15) is 25.3 Å².